The number of aliphatic hydroxyl groups is 1. The summed E-state index contributed by atoms with van der Waals surface area (Å²) >= 11 is 0. The van der Waals surface area contributed by atoms with Crippen LogP contribution >= 0.6 is 0 Å². The molecule has 3 saturated heterocycles. The topological polar surface area (TPSA) is 63.2 Å². The second-order valence-corrected chi connectivity index (χ2v) is 6.47. The third-order valence-corrected chi connectivity index (χ3v) is 4.78. The molecule has 3 fully saturated rings. The van der Waals surface area contributed by atoms with E-state index >= 15 is 0 Å². The van der Waals surface area contributed by atoms with E-state index in [1.54, 1.807) is 0 Å². The lowest BCUT2D eigenvalue weighted by Crippen LogP contribution is -2.47. The SMILES string of the molecule is CN1CCCC1C(OCC1CCCN1)OC1(O)CCCO1. The van der Waals surface area contributed by atoms with E-state index in [9.17, 15) is 5.11 Å². The predicted molar refractivity (Wildman–Crippen MR) is 77.6 cm³/mol. The highest BCUT2D eigenvalue weighted by molar-refractivity contribution is 4.82. The normalized spacial score (nSPS) is 39.1. The first-order chi connectivity index (χ1) is 10.2. The van der Waals surface area contributed by atoms with Gasteiger partial charge in [-0.15, -0.1) is 0 Å². The standard InChI is InChI=1S/C15H28N2O4/c1-17-9-3-6-13(17)14(19-11-12-5-2-8-16-12)21-15(18)7-4-10-20-15/h12-14,16,18H,2-11H2,1H3. The number of hydrogen-bond donors (Lipinski definition) is 2. The fourth-order valence-corrected chi connectivity index (χ4v) is 3.49. The van der Waals surface area contributed by atoms with Crippen LogP contribution in [0.3, 0.4) is 0 Å². The second kappa shape index (κ2) is 6.89. The highest BCUT2D eigenvalue weighted by Crippen LogP contribution is 2.30. The van der Waals surface area contributed by atoms with Crippen molar-refractivity contribution in [3.8, 4) is 0 Å². The molecule has 0 amide bonds. The minimum Gasteiger partial charge on any atom is -0.349 e. The highest BCUT2D eigenvalue weighted by atomic mass is 16.9. The summed E-state index contributed by atoms with van der Waals surface area (Å²) in [6, 6.07) is 0.599. The highest BCUT2D eigenvalue weighted by Gasteiger charge is 2.41. The first-order valence-electron chi connectivity index (χ1n) is 8.26. The van der Waals surface area contributed by atoms with Gasteiger partial charge in [0.2, 0.25) is 0 Å². The Bertz CT molecular complexity index is 330. The van der Waals surface area contributed by atoms with E-state index in [4.69, 9.17) is 14.2 Å². The van der Waals surface area contributed by atoms with Crippen LogP contribution in [0.15, 0.2) is 0 Å². The molecule has 4 atom stereocenters. The molecule has 2 N–H and O–H groups in total. The second-order valence-electron chi connectivity index (χ2n) is 6.47. The molecule has 0 spiro atoms. The van der Waals surface area contributed by atoms with Crippen LogP contribution in [0.5, 0.6) is 0 Å². The van der Waals surface area contributed by atoms with Gasteiger partial charge in [-0.2, -0.15) is 0 Å². The summed E-state index contributed by atoms with van der Waals surface area (Å²) in [4.78, 5) is 2.26. The molecular weight excluding hydrogens is 272 g/mol. The summed E-state index contributed by atoms with van der Waals surface area (Å²) in [5, 5.41) is 13.8. The van der Waals surface area contributed by atoms with E-state index in [0.717, 1.165) is 38.8 Å². The van der Waals surface area contributed by atoms with E-state index in [1.807, 2.05) is 0 Å². The fraction of sp³-hybridized carbons (Fsp3) is 1.00. The Balaban J connectivity index is 1.59. The number of ether oxygens (including phenoxy) is 3. The van der Waals surface area contributed by atoms with Crippen molar-refractivity contribution in [2.45, 2.75) is 62.9 Å². The van der Waals surface area contributed by atoms with Gasteiger partial charge in [-0.05, 0) is 52.2 Å². The molecule has 3 heterocycles. The van der Waals surface area contributed by atoms with Crippen LogP contribution in [0, 0.1) is 0 Å². The molecule has 3 aliphatic heterocycles. The molecule has 0 aromatic carbocycles. The van der Waals surface area contributed by atoms with Crippen LogP contribution in [-0.4, -0.2) is 67.7 Å². The summed E-state index contributed by atoms with van der Waals surface area (Å²) in [6.45, 7) is 3.30. The van der Waals surface area contributed by atoms with Crippen molar-refractivity contribution in [3.63, 3.8) is 0 Å². The summed E-state index contributed by atoms with van der Waals surface area (Å²) in [6.07, 6.45) is 5.45. The van der Waals surface area contributed by atoms with Crippen LogP contribution in [0.1, 0.15) is 38.5 Å². The first-order valence-corrected chi connectivity index (χ1v) is 8.26. The number of likely N-dealkylation sites (N-methyl/N-ethyl adjacent to an activating group) is 1. The lowest BCUT2D eigenvalue weighted by Gasteiger charge is -2.34. The lowest BCUT2D eigenvalue weighted by atomic mass is 10.2. The zero-order chi connectivity index (χ0) is 14.7. The average Bonchev–Trinajstić information content (AvgIpc) is 3.17. The van der Waals surface area contributed by atoms with Gasteiger partial charge in [0.05, 0.1) is 19.3 Å². The Morgan fingerprint density at radius 3 is 2.90 bits per heavy atom. The minimum absolute atomic E-state index is 0.194. The lowest BCUT2D eigenvalue weighted by molar-refractivity contribution is -0.393. The van der Waals surface area contributed by atoms with E-state index in [1.165, 1.54) is 6.42 Å². The molecule has 0 bridgehead atoms. The zero-order valence-electron chi connectivity index (χ0n) is 12.9. The van der Waals surface area contributed by atoms with Crippen molar-refractivity contribution in [1.82, 2.24) is 10.2 Å². The molecule has 0 aromatic heterocycles. The van der Waals surface area contributed by atoms with Crippen LogP contribution in [0.25, 0.3) is 0 Å². The third kappa shape index (κ3) is 3.94. The molecule has 3 aliphatic rings. The van der Waals surface area contributed by atoms with Gasteiger partial charge in [0, 0.05) is 12.5 Å². The molecule has 0 aromatic rings. The van der Waals surface area contributed by atoms with Gasteiger partial charge in [0.15, 0.2) is 6.29 Å². The van der Waals surface area contributed by atoms with Gasteiger partial charge in [-0.1, -0.05) is 0 Å². The van der Waals surface area contributed by atoms with Gasteiger partial charge in [0.1, 0.15) is 0 Å². The molecular formula is C15H28N2O4. The summed E-state index contributed by atoms with van der Waals surface area (Å²) < 4.78 is 17.3. The van der Waals surface area contributed by atoms with Gasteiger partial charge in [-0.25, -0.2) is 0 Å². The van der Waals surface area contributed by atoms with Crippen LogP contribution in [-0.2, 0) is 14.2 Å². The average molecular weight is 300 g/mol. The van der Waals surface area contributed by atoms with Crippen molar-refractivity contribution in [1.29, 1.82) is 0 Å². The molecule has 0 saturated carbocycles. The number of nitrogens with one attached hydrogen (secondary N) is 1. The largest absolute Gasteiger partial charge is 0.349 e. The predicted octanol–water partition coefficient (Wildman–Crippen LogP) is 0.648. The number of nitrogens with zero attached hydrogens (tertiary/aromatic N) is 1. The fourth-order valence-electron chi connectivity index (χ4n) is 3.49. The Hall–Kier alpha value is -0.240. The Morgan fingerprint density at radius 1 is 1.38 bits per heavy atom. The molecule has 4 unspecified atom stereocenters. The zero-order valence-corrected chi connectivity index (χ0v) is 12.9. The van der Waals surface area contributed by atoms with Crippen LogP contribution in [0.4, 0.5) is 0 Å². The maximum atomic E-state index is 10.3. The minimum atomic E-state index is -1.46. The van der Waals surface area contributed by atoms with E-state index in [0.29, 0.717) is 25.7 Å². The molecule has 122 valence electrons. The van der Waals surface area contributed by atoms with Gasteiger partial charge in [0.25, 0.3) is 5.97 Å². The maximum absolute atomic E-state index is 10.3. The van der Waals surface area contributed by atoms with E-state index in [-0.39, 0.29) is 6.04 Å². The summed E-state index contributed by atoms with van der Waals surface area (Å²) in [7, 11) is 2.09. The van der Waals surface area contributed by atoms with Gasteiger partial charge in [-0.3, -0.25) is 9.64 Å². The van der Waals surface area contributed by atoms with Gasteiger partial charge >= 0.3 is 0 Å². The molecule has 0 aliphatic carbocycles. The van der Waals surface area contributed by atoms with Crippen molar-refractivity contribution in [2.75, 3.05) is 33.4 Å². The van der Waals surface area contributed by atoms with E-state index in [2.05, 4.69) is 17.3 Å². The van der Waals surface area contributed by atoms with Crippen molar-refractivity contribution in [2.24, 2.45) is 0 Å². The molecule has 0 radical (unpaired) electrons. The smallest absolute Gasteiger partial charge is 0.282 e. The number of rotatable bonds is 6. The van der Waals surface area contributed by atoms with E-state index < -0.39 is 12.3 Å². The van der Waals surface area contributed by atoms with Crippen molar-refractivity contribution >= 4 is 0 Å². The number of hydrogen-bond acceptors (Lipinski definition) is 6. The summed E-state index contributed by atoms with van der Waals surface area (Å²) in [5.41, 5.74) is 0. The van der Waals surface area contributed by atoms with Crippen molar-refractivity contribution in [3.05, 3.63) is 0 Å². The molecule has 3 rings (SSSR count). The van der Waals surface area contributed by atoms with Crippen LogP contribution in [0.2, 0.25) is 0 Å². The first kappa shape index (κ1) is 15.6. The molecule has 6 heteroatoms. The Kier molecular flexibility index (Phi) is 5.14. The number of likely N-dealkylation sites (tertiary alicyclic amines) is 1. The van der Waals surface area contributed by atoms with Crippen molar-refractivity contribution < 1.29 is 19.3 Å². The quantitative estimate of drug-likeness (QED) is 0.702. The maximum Gasteiger partial charge on any atom is 0.282 e. The monoisotopic (exact) mass is 300 g/mol. The molecule has 21 heavy (non-hydrogen) atoms. The van der Waals surface area contributed by atoms with Gasteiger partial charge < -0.3 is 19.9 Å². The Labute approximate surface area is 126 Å². The third-order valence-electron chi connectivity index (χ3n) is 4.78. The summed E-state index contributed by atoms with van der Waals surface area (Å²) in [5.74, 6) is -1.46. The Morgan fingerprint density at radius 2 is 2.29 bits per heavy atom. The molecule has 6 nitrogen and oxygen atoms in total. The van der Waals surface area contributed by atoms with Crippen LogP contribution < -0.4 is 5.32 Å².